The molecular formula is C17H28N2O2S. The largest absolute Gasteiger partial charge is 0.497 e. The zero-order valence-corrected chi connectivity index (χ0v) is 15.0. The van der Waals surface area contributed by atoms with Gasteiger partial charge < -0.3 is 14.8 Å². The van der Waals surface area contributed by atoms with E-state index in [9.17, 15) is 0 Å². The van der Waals surface area contributed by atoms with Crippen LogP contribution >= 0.6 is 12.6 Å². The number of ether oxygens (including phenoxy) is 2. The molecule has 1 aliphatic rings. The summed E-state index contributed by atoms with van der Waals surface area (Å²) in [5.41, 5.74) is 2.39. The van der Waals surface area contributed by atoms with Crippen LogP contribution in [0.2, 0.25) is 0 Å². The van der Waals surface area contributed by atoms with Gasteiger partial charge in [-0.2, -0.15) is 12.6 Å². The Balaban J connectivity index is 0.00000116. The van der Waals surface area contributed by atoms with Gasteiger partial charge in [0.05, 0.1) is 20.8 Å². The summed E-state index contributed by atoms with van der Waals surface area (Å²) in [5.74, 6) is 2.27. The van der Waals surface area contributed by atoms with Gasteiger partial charge in [-0.15, -0.1) is 0 Å². The lowest BCUT2D eigenvalue weighted by Crippen LogP contribution is -2.36. The summed E-state index contributed by atoms with van der Waals surface area (Å²) in [5, 5.41) is 3.40. The molecule has 0 saturated carbocycles. The van der Waals surface area contributed by atoms with Gasteiger partial charge in [0.25, 0.3) is 0 Å². The molecule has 0 bridgehead atoms. The van der Waals surface area contributed by atoms with Gasteiger partial charge in [-0.3, -0.25) is 4.99 Å². The predicted molar refractivity (Wildman–Crippen MR) is 96.9 cm³/mol. The number of thiol groups is 1. The van der Waals surface area contributed by atoms with E-state index in [1.807, 2.05) is 18.2 Å². The molecule has 1 unspecified atom stereocenters. The Labute approximate surface area is 139 Å². The second-order valence-electron chi connectivity index (χ2n) is 5.06. The molecule has 0 amide bonds. The summed E-state index contributed by atoms with van der Waals surface area (Å²) >= 11 is 3.53. The zero-order chi connectivity index (χ0) is 16.4. The number of piperidine rings is 1. The Hall–Kier alpha value is -1.20. The van der Waals surface area contributed by atoms with E-state index in [1.54, 1.807) is 20.5 Å². The molecule has 1 fully saturated rings. The van der Waals surface area contributed by atoms with Crippen molar-refractivity contribution in [1.82, 2.24) is 5.32 Å². The molecule has 22 heavy (non-hydrogen) atoms. The molecule has 1 aliphatic heterocycles. The Morgan fingerprint density at radius 3 is 2.68 bits per heavy atom. The van der Waals surface area contributed by atoms with E-state index in [-0.39, 0.29) is 0 Å². The van der Waals surface area contributed by atoms with Crippen LogP contribution in [0.4, 0.5) is 0 Å². The fourth-order valence-corrected chi connectivity index (χ4v) is 2.60. The Kier molecular flexibility index (Phi) is 9.01. The molecule has 0 aromatic heterocycles. The summed E-state index contributed by atoms with van der Waals surface area (Å²) < 4.78 is 10.6. The lowest BCUT2D eigenvalue weighted by molar-refractivity contribution is 0.391. The molecule has 1 atom stereocenters. The summed E-state index contributed by atoms with van der Waals surface area (Å²) in [6.45, 7) is 4.92. The zero-order valence-electron chi connectivity index (χ0n) is 14.1. The van der Waals surface area contributed by atoms with Crippen LogP contribution in [-0.4, -0.2) is 39.3 Å². The molecule has 1 aromatic carbocycles. The highest BCUT2D eigenvalue weighted by Crippen LogP contribution is 2.25. The van der Waals surface area contributed by atoms with E-state index in [4.69, 9.17) is 14.5 Å². The fourth-order valence-electron chi connectivity index (χ4n) is 2.60. The molecule has 0 spiro atoms. The lowest BCUT2D eigenvalue weighted by atomic mass is 9.93. The maximum absolute atomic E-state index is 5.42. The molecule has 0 aliphatic carbocycles. The molecular weight excluding hydrogens is 296 g/mol. The van der Waals surface area contributed by atoms with Gasteiger partial charge >= 0.3 is 0 Å². The van der Waals surface area contributed by atoms with Crippen molar-refractivity contribution < 1.29 is 9.47 Å². The van der Waals surface area contributed by atoms with Crippen molar-refractivity contribution in [3.63, 3.8) is 0 Å². The van der Waals surface area contributed by atoms with Crippen molar-refractivity contribution in [2.75, 3.05) is 33.6 Å². The Bertz CT molecular complexity index is 478. The summed E-state index contributed by atoms with van der Waals surface area (Å²) in [7, 11) is 3.34. The SMILES string of the molecule is CCC1CCNCC1=NCc1ccc(OC)cc1OC.CS. The second-order valence-corrected chi connectivity index (χ2v) is 5.06. The van der Waals surface area contributed by atoms with Gasteiger partial charge in [-0.05, 0) is 43.7 Å². The number of rotatable bonds is 5. The minimum Gasteiger partial charge on any atom is -0.497 e. The highest BCUT2D eigenvalue weighted by atomic mass is 32.1. The van der Waals surface area contributed by atoms with Gasteiger partial charge in [0.2, 0.25) is 0 Å². The molecule has 4 nitrogen and oxygen atoms in total. The molecule has 2 rings (SSSR count). The number of methoxy groups -OCH3 is 2. The van der Waals surface area contributed by atoms with Gasteiger partial charge in [0.1, 0.15) is 11.5 Å². The molecule has 5 heteroatoms. The van der Waals surface area contributed by atoms with Crippen LogP contribution in [0.1, 0.15) is 25.3 Å². The van der Waals surface area contributed by atoms with Crippen molar-refractivity contribution in [2.24, 2.45) is 10.9 Å². The summed E-state index contributed by atoms with van der Waals surface area (Å²) in [6, 6.07) is 5.89. The van der Waals surface area contributed by atoms with Crippen molar-refractivity contribution >= 4 is 18.3 Å². The van der Waals surface area contributed by atoms with Crippen molar-refractivity contribution in [3.8, 4) is 11.5 Å². The second kappa shape index (κ2) is 10.5. The standard InChI is InChI=1S/C16H24N2O2.CH4S/c1-4-12-7-8-17-11-15(12)18-10-13-5-6-14(19-2)9-16(13)20-3;1-2/h5-6,9,12,17H,4,7-8,10-11H2,1-3H3;2H,1H3. The number of benzene rings is 1. The third-order valence-electron chi connectivity index (χ3n) is 3.89. The third-order valence-corrected chi connectivity index (χ3v) is 3.89. The van der Waals surface area contributed by atoms with E-state index in [1.165, 1.54) is 18.6 Å². The van der Waals surface area contributed by atoms with Crippen molar-refractivity contribution in [3.05, 3.63) is 23.8 Å². The normalized spacial score (nSPS) is 19.3. The number of nitrogens with one attached hydrogen (secondary N) is 1. The van der Waals surface area contributed by atoms with Gasteiger partial charge in [0.15, 0.2) is 0 Å². The molecule has 124 valence electrons. The first-order chi connectivity index (χ1) is 10.8. The average Bonchev–Trinajstić information content (AvgIpc) is 2.61. The van der Waals surface area contributed by atoms with Crippen LogP contribution in [0.5, 0.6) is 11.5 Å². The Morgan fingerprint density at radius 2 is 2.05 bits per heavy atom. The van der Waals surface area contributed by atoms with Crippen LogP contribution in [0.3, 0.4) is 0 Å². The highest BCUT2D eigenvalue weighted by molar-refractivity contribution is 7.79. The summed E-state index contributed by atoms with van der Waals surface area (Å²) in [6.07, 6.45) is 4.05. The van der Waals surface area contributed by atoms with Crippen molar-refractivity contribution in [2.45, 2.75) is 26.3 Å². The lowest BCUT2D eigenvalue weighted by Gasteiger charge is -2.24. The van der Waals surface area contributed by atoms with Crippen LogP contribution in [0.15, 0.2) is 23.2 Å². The maximum Gasteiger partial charge on any atom is 0.127 e. The van der Waals surface area contributed by atoms with Crippen LogP contribution in [0.25, 0.3) is 0 Å². The minimum absolute atomic E-state index is 0.625. The molecule has 1 saturated heterocycles. The molecule has 1 N–H and O–H groups in total. The van der Waals surface area contributed by atoms with E-state index >= 15 is 0 Å². The Morgan fingerprint density at radius 1 is 1.27 bits per heavy atom. The first-order valence-electron chi connectivity index (χ1n) is 7.68. The smallest absolute Gasteiger partial charge is 0.127 e. The molecule has 1 heterocycles. The van der Waals surface area contributed by atoms with Crippen LogP contribution < -0.4 is 14.8 Å². The monoisotopic (exact) mass is 324 g/mol. The maximum atomic E-state index is 5.42. The van der Waals surface area contributed by atoms with E-state index in [2.05, 4.69) is 24.9 Å². The topological polar surface area (TPSA) is 42.9 Å². The minimum atomic E-state index is 0.625. The highest BCUT2D eigenvalue weighted by Gasteiger charge is 2.18. The predicted octanol–water partition coefficient (Wildman–Crippen LogP) is 3.21. The van der Waals surface area contributed by atoms with Gasteiger partial charge in [-0.25, -0.2) is 0 Å². The third kappa shape index (κ3) is 5.21. The van der Waals surface area contributed by atoms with Crippen LogP contribution in [0, 0.1) is 5.92 Å². The number of hydrogen-bond acceptors (Lipinski definition) is 5. The van der Waals surface area contributed by atoms with E-state index in [0.29, 0.717) is 12.5 Å². The van der Waals surface area contributed by atoms with Crippen molar-refractivity contribution in [1.29, 1.82) is 0 Å². The molecule has 1 aromatic rings. The van der Waals surface area contributed by atoms with E-state index in [0.717, 1.165) is 30.2 Å². The quantitative estimate of drug-likeness (QED) is 0.817. The number of hydrogen-bond donors (Lipinski definition) is 2. The fraction of sp³-hybridized carbons (Fsp3) is 0.588. The number of aliphatic imine (C=N–C) groups is 1. The van der Waals surface area contributed by atoms with E-state index < -0.39 is 0 Å². The van der Waals surface area contributed by atoms with Gasteiger partial charge in [0, 0.05) is 23.9 Å². The first-order valence-corrected chi connectivity index (χ1v) is 8.57. The summed E-state index contributed by atoms with van der Waals surface area (Å²) in [4.78, 5) is 4.80. The molecule has 0 radical (unpaired) electrons. The average molecular weight is 324 g/mol. The van der Waals surface area contributed by atoms with Gasteiger partial charge in [-0.1, -0.05) is 6.92 Å². The first kappa shape index (κ1) is 18.8. The van der Waals surface area contributed by atoms with Crippen LogP contribution in [-0.2, 0) is 6.54 Å². The number of nitrogens with zero attached hydrogens (tertiary/aromatic N) is 1.